The Morgan fingerprint density at radius 2 is 1.97 bits per heavy atom. The third-order valence-electron chi connectivity index (χ3n) is 5.02. The van der Waals surface area contributed by atoms with Crippen molar-refractivity contribution in [2.75, 3.05) is 50.5 Å². The maximum Gasteiger partial charge on any atom is 0.243 e. The van der Waals surface area contributed by atoms with E-state index in [-0.39, 0.29) is 22.5 Å². The quantitative estimate of drug-likeness (QED) is 0.423. The molecule has 2 aromatic rings. The van der Waals surface area contributed by atoms with Crippen LogP contribution in [0.1, 0.15) is 23.2 Å². The molecular formula is C19H24N4O5S3. The van der Waals surface area contributed by atoms with Crippen LogP contribution in [0.3, 0.4) is 0 Å². The van der Waals surface area contributed by atoms with Gasteiger partial charge in [0.25, 0.3) is 0 Å². The average molecular weight is 485 g/mol. The molecular weight excluding hydrogens is 460 g/mol. The predicted molar refractivity (Wildman–Crippen MR) is 118 cm³/mol. The zero-order valence-electron chi connectivity index (χ0n) is 16.9. The van der Waals surface area contributed by atoms with Crippen molar-refractivity contribution in [2.24, 2.45) is 0 Å². The van der Waals surface area contributed by atoms with Gasteiger partial charge in [0.2, 0.25) is 15.2 Å². The van der Waals surface area contributed by atoms with Crippen molar-refractivity contribution < 1.29 is 22.7 Å². The molecule has 31 heavy (non-hydrogen) atoms. The number of benzene rings is 1. The Kier molecular flexibility index (Phi) is 7.56. The predicted octanol–water partition coefficient (Wildman–Crippen LogP) is 2.12. The zero-order chi connectivity index (χ0) is 21.7. The Morgan fingerprint density at radius 3 is 2.68 bits per heavy atom. The second-order valence-electron chi connectivity index (χ2n) is 7.14. The largest absolute Gasteiger partial charge is 0.379 e. The molecule has 1 N–H and O–H groups in total. The lowest BCUT2D eigenvalue weighted by Crippen LogP contribution is -2.40. The summed E-state index contributed by atoms with van der Waals surface area (Å²) in [5.74, 6) is 0.111. The molecule has 12 heteroatoms. The van der Waals surface area contributed by atoms with Crippen LogP contribution in [-0.4, -0.2) is 80.0 Å². The number of rotatable bonds is 9. The fourth-order valence-corrected chi connectivity index (χ4v) is 6.37. The van der Waals surface area contributed by atoms with Gasteiger partial charge in [-0.3, -0.25) is 4.79 Å². The summed E-state index contributed by atoms with van der Waals surface area (Å²) in [7, 11) is -3.56. The molecule has 0 saturated carbocycles. The number of hydrogen-bond acceptors (Lipinski definition) is 10. The number of thioether (sulfide) groups is 1. The lowest BCUT2D eigenvalue weighted by molar-refractivity contribution is 0.0730. The lowest BCUT2D eigenvalue weighted by atomic mass is 10.1. The Balaban J connectivity index is 1.29. The monoisotopic (exact) mass is 484 g/mol. The Labute approximate surface area is 189 Å². The van der Waals surface area contributed by atoms with Gasteiger partial charge < -0.3 is 14.8 Å². The highest BCUT2D eigenvalue weighted by molar-refractivity contribution is 8.01. The summed E-state index contributed by atoms with van der Waals surface area (Å²) in [4.78, 5) is 12.7. The van der Waals surface area contributed by atoms with Crippen LogP contribution in [0, 0.1) is 0 Å². The second kappa shape index (κ2) is 10.4. The van der Waals surface area contributed by atoms with E-state index in [0.717, 1.165) is 19.4 Å². The van der Waals surface area contributed by atoms with Crippen LogP contribution in [0.2, 0.25) is 0 Å². The highest BCUT2D eigenvalue weighted by Crippen LogP contribution is 2.27. The molecule has 3 heterocycles. The number of hydrogen-bond donors (Lipinski definition) is 1. The number of carbonyl (C=O) groups excluding carboxylic acids is 1. The normalized spacial score (nSPS) is 20.1. The minimum absolute atomic E-state index is 0.0932. The number of sulfonamides is 1. The van der Waals surface area contributed by atoms with Gasteiger partial charge in [-0.15, -0.1) is 10.2 Å². The van der Waals surface area contributed by atoms with Crippen LogP contribution in [0.15, 0.2) is 33.5 Å². The summed E-state index contributed by atoms with van der Waals surface area (Å²) >= 11 is 2.72. The van der Waals surface area contributed by atoms with Crippen LogP contribution in [-0.2, 0) is 19.5 Å². The molecule has 1 atom stereocenters. The molecule has 168 valence electrons. The second-order valence-corrected chi connectivity index (χ2v) is 11.3. The number of nitrogens with zero attached hydrogens (tertiary/aromatic N) is 3. The van der Waals surface area contributed by atoms with E-state index in [9.17, 15) is 13.2 Å². The number of aromatic nitrogens is 2. The molecule has 1 aromatic heterocycles. The van der Waals surface area contributed by atoms with Gasteiger partial charge in [-0.2, -0.15) is 4.31 Å². The molecule has 2 aliphatic heterocycles. The van der Waals surface area contributed by atoms with E-state index in [4.69, 9.17) is 9.47 Å². The molecule has 0 aliphatic carbocycles. The number of ether oxygens (including phenoxy) is 2. The van der Waals surface area contributed by atoms with Gasteiger partial charge in [0.05, 0.1) is 30.0 Å². The minimum atomic E-state index is -3.56. The number of ketones is 1. The summed E-state index contributed by atoms with van der Waals surface area (Å²) in [5.41, 5.74) is 0.467. The van der Waals surface area contributed by atoms with Crippen LogP contribution in [0.25, 0.3) is 0 Å². The van der Waals surface area contributed by atoms with E-state index >= 15 is 0 Å². The van der Waals surface area contributed by atoms with Gasteiger partial charge in [0, 0.05) is 31.8 Å². The fourth-order valence-electron chi connectivity index (χ4n) is 3.31. The molecule has 0 radical (unpaired) electrons. The van der Waals surface area contributed by atoms with Gasteiger partial charge >= 0.3 is 0 Å². The maximum absolute atomic E-state index is 12.7. The molecule has 2 aliphatic rings. The Bertz CT molecular complexity index is 984. The van der Waals surface area contributed by atoms with Gasteiger partial charge in [-0.1, -0.05) is 35.2 Å². The van der Waals surface area contributed by atoms with E-state index in [0.29, 0.717) is 47.9 Å². The fraction of sp³-hybridized carbons (Fsp3) is 0.526. The topological polar surface area (TPSA) is 111 Å². The molecule has 0 bridgehead atoms. The van der Waals surface area contributed by atoms with Gasteiger partial charge in [0.15, 0.2) is 10.1 Å². The first-order valence-corrected chi connectivity index (χ1v) is 13.3. The molecule has 1 aromatic carbocycles. The molecule has 2 fully saturated rings. The third-order valence-corrected chi connectivity index (χ3v) is 8.95. The van der Waals surface area contributed by atoms with E-state index in [1.165, 1.54) is 39.5 Å². The third kappa shape index (κ3) is 5.82. The lowest BCUT2D eigenvalue weighted by Gasteiger charge is -2.26. The first-order chi connectivity index (χ1) is 15.0. The number of anilines is 1. The number of carbonyl (C=O) groups is 1. The molecule has 2 saturated heterocycles. The number of nitrogens with one attached hydrogen (secondary N) is 1. The standard InChI is InChI=1S/C19H24N4O5S3/c24-17(13-29-19-22-21-18(30-19)20-12-15-2-1-9-28-15)14-3-5-16(6-4-14)31(25,26)23-7-10-27-11-8-23/h3-6,15H,1-2,7-13H2,(H,20,21)/t15-/m0/s1. The first-order valence-electron chi connectivity index (χ1n) is 10.1. The van der Waals surface area contributed by atoms with Crippen molar-refractivity contribution in [1.82, 2.24) is 14.5 Å². The highest BCUT2D eigenvalue weighted by atomic mass is 32.2. The SMILES string of the molecule is O=C(CSc1nnc(NC[C@@H]2CCCO2)s1)c1ccc(S(=O)(=O)N2CCOCC2)cc1. The Hall–Kier alpha value is -1.57. The highest BCUT2D eigenvalue weighted by Gasteiger charge is 2.26. The summed E-state index contributed by atoms with van der Waals surface area (Å²) < 4.78 is 38.2. The van der Waals surface area contributed by atoms with Crippen molar-refractivity contribution in [3.05, 3.63) is 29.8 Å². The molecule has 4 rings (SSSR count). The van der Waals surface area contributed by atoms with Gasteiger partial charge in [-0.05, 0) is 25.0 Å². The van der Waals surface area contributed by atoms with E-state index < -0.39 is 10.0 Å². The summed E-state index contributed by atoms with van der Waals surface area (Å²) in [6.07, 6.45) is 2.36. The number of Topliss-reactive ketones (excluding diaryl/α,β-unsaturated/α-hetero) is 1. The number of morpholine rings is 1. The van der Waals surface area contributed by atoms with E-state index in [1.54, 1.807) is 12.1 Å². The van der Waals surface area contributed by atoms with Crippen LogP contribution < -0.4 is 5.32 Å². The van der Waals surface area contributed by atoms with Gasteiger partial charge in [0.1, 0.15) is 0 Å². The minimum Gasteiger partial charge on any atom is -0.379 e. The maximum atomic E-state index is 12.7. The summed E-state index contributed by atoms with van der Waals surface area (Å²) in [6.45, 7) is 2.98. The summed E-state index contributed by atoms with van der Waals surface area (Å²) in [6, 6.07) is 6.09. The first kappa shape index (κ1) is 22.6. The molecule has 0 unspecified atom stereocenters. The van der Waals surface area contributed by atoms with Crippen LogP contribution in [0.5, 0.6) is 0 Å². The summed E-state index contributed by atoms with van der Waals surface area (Å²) in [5, 5.41) is 12.1. The van der Waals surface area contributed by atoms with Crippen molar-refractivity contribution in [2.45, 2.75) is 28.2 Å². The molecule has 9 nitrogen and oxygen atoms in total. The van der Waals surface area contributed by atoms with Crippen molar-refractivity contribution in [3.63, 3.8) is 0 Å². The van der Waals surface area contributed by atoms with Crippen LogP contribution >= 0.6 is 23.1 Å². The van der Waals surface area contributed by atoms with Crippen molar-refractivity contribution in [3.8, 4) is 0 Å². The van der Waals surface area contributed by atoms with E-state index in [1.807, 2.05) is 0 Å². The van der Waals surface area contributed by atoms with E-state index in [2.05, 4.69) is 15.5 Å². The smallest absolute Gasteiger partial charge is 0.243 e. The molecule has 0 spiro atoms. The van der Waals surface area contributed by atoms with Crippen molar-refractivity contribution in [1.29, 1.82) is 0 Å². The van der Waals surface area contributed by atoms with Crippen molar-refractivity contribution >= 4 is 44.0 Å². The Morgan fingerprint density at radius 1 is 1.19 bits per heavy atom. The van der Waals surface area contributed by atoms with Gasteiger partial charge in [-0.25, -0.2) is 8.42 Å². The zero-order valence-corrected chi connectivity index (χ0v) is 19.3. The molecule has 0 amide bonds. The van der Waals surface area contributed by atoms with Crippen LogP contribution in [0.4, 0.5) is 5.13 Å². The average Bonchev–Trinajstić information content (AvgIpc) is 3.49.